The van der Waals surface area contributed by atoms with E-state index in [2.05, 4.69) is 17.1 Å². The van der Waals surface area contributed by atoms with Gasteiger partial charge in [-0.2, -0.15) is 10.5 Å². The lowest BCUT2D eigenvalue weighted by molar-refractivity contribution is 0.386. The van der Waals surface area contributed by atoms with E-state index in [1.807, 2.05) is 30.3 Å². The molecule has 0 spiro atoms. The number of hydrogen-bond donors (Lipinski definition) is 1. The van der Waals surface area contributed by atoms with Gasteiger partial charge in [-0.25, -0.2) is 4.99 Å². The predicted octanol–water partition coefficient (Wildman–Crippen LogP) is 3.03. The van der Waals surface area contributed by atoms with E-state index in [4.69, 9.17) is 14.9 Å². The number of nitriles is 2. The Balaban J connectivity index is 2.00. The van der Waals surface area contributed by atoms with Gasteiger partial charge < -0.3 is 14.9 Å². The van der Waals surface area contributed by atoms with E-state index in [0.717, 1.165) is 5.39 Å². The number of benzene rings is 2. The van der Waals surface area contributed by atoms with Crippen molar-refractivity contribution < 1.29 is 9.15 Å². The second kappa shape index (κ2) is 6.12. The highest BCUT2D eigenvalue weighted by Crippen LogP contribution is 2.38. The Morgan fingerprint density at radius 3 is 2.58 bits per heavy atom. The zero-order valence-corrected chi connectivity index (χ0v) is 13.5. The van der Waals surface area contributed by atoms with Crippen LogP contribution in [0.1, 0.15) is 17.2 Å². The van der Waals surface area contributed by atoms with Crippen LogP contribution < -0.4 is 16.0 Å². The van der Waals surface area contributed by atoms with Crippen molar-refractivity contribution in [2.45, 2.75) is 6.04 Å². The van der Waals surface area contributed by atoms with Crippen molar-refractivity contribution in [3.63, 3.8) is 0 Å². The zero-order chi connectivity index (χ0) is 18.1. The fourth-order valence-electron chi connectivity index (χ4n) is 2.88. The largest absolute Gasteiger partial charge is 0.440 e. The number of nitrogens with zero attached hydrogens (tertiary/aromatic N) is 3. The highest BCUT2D eigenvalue weighted by molar-refractivity contribution is 5.77. The molecule has 3 aromatic rings. The Bertz CT molecular complexity index is 1210. The highest BCUT2D eigenvalue weighted by Gasteiger charge is 2.28. The van der Waals surface area contributed by atoms with Crippen LogP contribution in [0.25, 0.3) is 11.0 Å². The van der Waals surface area contributed by atoms with Crippen molar-refractivity contribution in [2.75, 3.05) is 0 Å². The van der Waals surface area contributed by atoms with Crippen molar-refractivity contribution in [1.82, 2.24) is 0 Å². The van der Waals surface area contributed by atoms with E-state index in [1.54, 1.807) is 24.3 Å². The van der Waals surface area contributed by atoms with Gasteiger partial charge in [-0.05, 0) is 18.2 Å². The van der Waals surface area contributed by atoms with Gasteiger partial charge in [-0.1, -0.05) is 36.4 Å². The normalized spacial score (nSPS) is 16.5. The second-order valence-electron chi connectivity index (χ2n) is 5.68. The summed E-state index contributed by atoms with van der Waals surface area (Å²) in [6.45, 7) is 0. The third-order valence-electron chi connectivity index (χ3n) is 4.12. The molecule has 124 valence electrons. The molecule has 0 saturated heterocycles. The molecular weight excluding hydrogens is 328 g/mol. The van der Waals surface area contributed by atoms with Crippen LogP contribution in [0.15, 0.2) is 75.5 Å². The summed E-state index contributed by atoms with van der Waals surface area (Å²) in [5, 5.41) is 19.8. The molecule has 0 radical (unpaired) electrons. The molecule has 2 aromatic carbocycles. The molecule has 1 aliphatic rings. The number of hydrogen-bond acceptors (Lipinski definition) is 6. The first kappa shape index (κ1) is 15.5. The van der Waals surface area contributed by atoms with Gasteiger partial charge in [0.25, 0.3) is 0 Å². The summed E-state index contributed by atoms with van der Waals surface area (Å²) in [5.74, 6) is 0.524. The summed E-state index contributed by atoms with van der Waals surface area (Å²) >= 11 is 0. The molecule has 4 rings (SSSR count). The van der Waals surface area contributed by atoms with Crippen LogP contribution in [0.4, 0.5) is 0 Å². The maximum absolute atomic E-state index is 9.51. The lowest BCUT2D eigenvalue weighted by atomic mass is 9.97. The van der Waals surface area contributed by atoms with E-state index in [9.17, 15) is 10.5 Å². The van der Waals surface area contributed by atoms with Crippen molar-refractivity contribution in [3.8, 4) is 17.9 Å². The molecule has 0 aliphatic carbocycles. The molecule has 0 amide bonds. The molecule has 0 fully saturated rings. The van der Waals surface area contributed by atoms with E-state index in [-0.39, 0.29) is 22.6 Å². The molecule has 26 heavy (non-hydrogen) atoms. The van der Waals surface area contributed by atoms with Crippen molar-refractivity contribution in [2.24, 2.45) is 10.7 Å². The monoisotopic (exact) mass is 340 g/mol. The number of para-hydroxylation sites is 2. The molecule has 1 unspecified atom stereocenters. The van der Waals surface area contributed by atoms with Crippen LogP contribution in [0.2, 0.25) is 0 Å². The number of ether oxygens (including phenoxy) is 1. The minimum absolute atomic E-state index is 0.000697. The fourth-order valence-corrected chi connectivity index (χ4v) is 2.88. The topological polar surface area (TPSA) is 108 Å². The first-order valence-electron chi connectivity index (χ1n) is 7.84. The Kier molecular flexibility index (Phi) is 3.65. The van der Waals surface area contributed by atoms with Gasteiger partial charge in [0.05, 0.1) is 0 Å². The van der Waals surface area contributed by atoms with Gasteiger partial charge >= 0.3 is 0 Å². The Labute approximate surface area is 148 Å². The molecule has 1 aromatic heterocycles. The van der Waals surface area contributed by atoms with Gasteiger partial charge in [-0.15, -0.1) is 0 Å². The summed E-state index contributed by atoms with van der Waals surface area (Å²) < 4.78 is 11.3. The fraction of sp³-hybridized carbons (Fsp3) is 0.0500. The number of nitrogens with two attached hydrogens (primary N) is 1. The maximum Gasteiger partial charge on any atom is 0.233 e. The van der Waals surface area contributed by atoms with Crippen LogP contribution in [0.5, 0.6) is 5.75 Å². The van der Waals surface area contributed by atoms with Crippen LogP contribution in [0.3, 0.4) is 0 Å². The van der Waals surface area contributed by atoms with Crippen LogP contribution in [0, 0.1) is 22.7 Å². The summed E-state index contributed by atoms with van der Waals surface area (Å²) in [4.78, 5) is 4.55. The summed E-state index contributed by atoms with van der Waals surface area (Å²) in [6, 6.07) is 19.7. The third-order valence-corrected chi connectivity index (χ3v) is 4.12. The average molecular weight is 340 g/mol. The molecule has 0 saturated carbocycles. The van der Waals surface area contributed by atoms with Crippen LogP contribution >= 0.6 is 0 Å². The second-order valence-corrected chi connectivity index (χ2v) is 5.68. The molecule has 2 N–H and O–H groups in total. The van der Waals surface area contributed by atoms with E-state index in [1.165, 1.54) is 0 Å². The highest BCUT2D eigenvalue weighted by atomic mass is 16.5. The Morgan fingerprint density at radius 1 is 1.00 bits per heavy atom. The maximum atomic E-state index is 9.51. The molecule has 1 atom stereocenters. The number of rotatable bonds is 1. The van der Waals surface area contributed by atoms with Gasteiger partial charge in [0.2, 0.25) is 11.4 Å². The molecular formula is C20H12N4O2. The minimum atomic E-state index is -0.707. The standard InChI is InChI=1S/C20H12N4O2/c21-10-13-9-12-5-1-3-7-16(12)26-20(13)24-18-14-6-2-4-8-17(14)25-19(23)15(18)11-22/h1-9,18H,23H2. The Hall–Kier alpha value is -4.03. The Morgan fingerprint density at radius 2 is 1.77 bits per heavy atom. The summed E-state index contributed by atoms with van der Waals surface area (Å²) in [7, 11) is 0. The van der Waals surface area contributed by atoms with Crippen LogP contribution in [-0.4, -0.2) is 0 Å². The smallest absolute Gasteiger partial charge is 0.233 e. The lowest BCUT2D eigenvalue weighted by Crippen LogP contribution is -2.21. The molecule has 1 aliphatic heterocycles. The quantitative estimate of drug-likeness (QED) is 0.732. The first-order valence-corrected chi connectivity index (χ1v) is 7.84. The zero-order valence-electron chi connectivity index (χ0n) is 13.5. The van der Waals surface area contributed by atoms with E-state index < -0.39 is 6.04 Å². The van der Waals surface area contributed by atoms with Gasteiger partial charge in [0.15, 0.2) is 0 Å². The summed E-state index contributed by atoms with van der Waals surface area (Å²) in [6.07, 6.45) is 0. The van der Waals surface area contributed by atoms with Gasteiger partial charge in [0.1, 0.15) is 40.6 Å². The SMILES string of the molecule is N#CC1=C(N)Oc2ccccc2C1N=c1oc2ccccc2cc1C#N. The third kappa shape index (κ3) is 2.47. The van der Waals surface area contributed by atoms with Crippen molar-refractivity contribution in [3.05, 3.63) is 82.7 Å². The first-order chi connectivity index (χ1) is 12.7. The minimum Gasteiger partial charge on any atom is -0.440 e. The molecule has 0 bridgehead atoms. The van der Waals surface area contributed by atoms with Gasteiger partial charge in [0, 0.05) is 10.9 Å². The molecule has 2 heterocycles. The predicted molar refractivity (Wildman–Crippen MR) is 93.1 cm³/mol. The number of fused-ring (bicyclic) bond motifs is 2. The lowest BCUT2D eigenvalue weighted by Gasteiger charge is -2.22. The molecule has 6 heteroatoms. The molecule has 6 nitrogen and oxygen atoms in total. The van der Waals surface area contributed by atoms with Gasteiger partial charge in [-0.3, -0.25) is 0 Å². The van der Waals surface area contributed by atoms with Crippen molar-refractivity contribution in [1.29, 1.82) is 10.5 Å². The van der Waals surface area contributed by atoms with E-state index >= 15 is 0 Å². The summed E-state index contributed by atoms with van der Waals surface area (Å²) in [5.41, 5.74) is 7.78. The van der Waals surface area contributed by atoms with E-state index in [0.29, 0.717) is 16.9 Å². The van der Waals surface area contributed by atoms with Crippen LogP contribution in [-0.2, 0) is 0 Å². The van der Waals surface area contributed by atoms with Crippen molar-refractivity contribution >= 4 is 11.0 Å². The average Bonchev–Trinajstić information content (AvgIpc) is 2.67.